The van der Waals surface area contributed by atoms with Crippen molar-refractivity contribution < 1.29 is 9.90 Å². The van der Waals surface area contributed by atoms with Crippen molar-refractivity contribution in [2.24, 2.45) is 0 Å². The van der Waals surface area contributed by atoms with E-state index in [1.165, 1.54) is 0 Å². The molecule has 1 aliphatic carbocycles. The maximum Gasteiger partial charge on any atom is 0.314 e. The molecule has 0 aromatic heterocycles. The average molecular weight is 304 g/mol. The third-order valence-corrected chi connectivity index (χ3v) is 4.24. The zero-order valence-electron chi connectivity index (χ0n) is 8.89. The first-order chi connectivity index (χ1) is 7.51. The maximum absolute atomic E-state index is 11.2. The van der Waals surface area contributed by atoms with Crippen LogP contribution in [0.25, 0.3) is 0 Å². The number of carboxylic acid groups (broad SMARTS) is 1. The Balaban J connectivity index is 2.51. The lowest BCUT2D eigenvalue weighted by Crippen LogP contribution is -2.20. The second-order valence-electron chi connectivity index (χ2n) is 4.16. The Bertz CT molecular complexity index is 453. The van der Waals surface area contributed by atoms with Gasteiger partial charge in [0.25, 0.3) is 0 Å². The zero-order valence-corrected chi connectivity index (χ0v) is 11.2. The summed E-state index contributed by atoms with van der Waals surface area (Å²) in [5.41, 5.74) is 1.12. The predicted octanol–water partition coefficient (Wildman–Crippen LogP) is 3.78. The summed E-state index contributed by atoms with van der Waals surface area (Å²) >= 11 is 9.62. The lowest BCUT2D eigenvalue weighted by Gasteiger charge is -2.14. The van der Waals surface area contributed by atoms with E-state index in [9.17, 15) is 9.90 Å². The summed E-state index contributed by atoms with van der Waals surface area (Å²) in [6.45, 7) is 2.04. The van der Waals surface area contributed by atoms with E-state index in [1.807, 2.05) is 19.1 Å². The number of halogens is 2. The summed E-state index contributed by atoms with van der Waals surface area (Å²) in [7, 11) is 0. The number of hydrogen-bond acceptors (Lipinski definition) is 1. The Morgan fingerprint density at radius 1 is 1.56 bits per heavy atom. The Morgan fingerprint density at radius 3 is 2.62 bits per heavy atom. The fourth-order valence-corrected chi connectivity index (χ4v) is 2.94. The van der Waals surface area contributed by atoms with Gasteiger partial charge in [-0.2, -0.15) is 0 Å². The summed E-state index contributed by atoms with van der Waals surface area (Å²) in [6.07, 6.45) is 2.24. The highest BCUT2D eigenvalue weighted by molar-refractivity contribution is 9.10. The van der Waals surface area contributed by atoms with Crippen molar-refractivity contribution in [2.75, 3.05) is 0 Å². The smallest absolute Gasteiger partial charge is 0.314 e. The van der Waals surface area contributed by atoms with Crippen LogP contribution in [0.4, 0.5) is 0 Å². The third-order valence-electron chi connectivity index (χ3n) is 3.19. The molecule has 4 heteroatoms. The quantitative estimate of drug-likeness (QED) is 0.922. The van der Waals surface area contributed by atoms with Crippen LogP contribution >= 0.6 is 27.5 Å². The summed E-state index contributed by atoms with van der Waals surface area (Å²) in [5, 5.41) is 9.79. The van der Waals surface area contributed by atoms with E-state index in [0.717, 1.165) is 22.0 Å². The first kappa shape index (κ1) is 11.9. The van der Waals surface area contributed by atoms with E-state index in [0.29, 0.717) is 17.9 Å². The number of aryl methyl sites for hydroxylation is 1. The minimum absolute atomic E-state index is 0.569. The maximum atomic E-state index is 11.2. The van der Waals surface area contributed by atoms with E-state index >= 15 is 0 Å². The van der Waals surface area contributed by atoms with Crippen LogP contribution in [0, 0.1) is 0 Å². The van der Waals surface area contributed by atoms with Crippen LogP contribution in [0.1, 0.15) is 30.9 Å². The SMILES string of the molecule is CCc1cc(Cl)c(C2(C(=O)O)CC2)cc1Br. The summed E-state index contributed by atoms with van der Waals surface area (Å²) in [5.74, 6) is -0.773. The first-order valence-corrected chi connectivity index (χ1v) is 6.40. The molecule has 2 rings (SSSR count). The van der Waals surface area contributed by atoms with Crippen molar-refractivity contribution in [3.63, 3.8) is 0 Å². The van der Waals surface area contributed by atoms with Gasteiger partial charge in [0.05, 0.1) is 5.41 Å². The van der Waals surface area contributed by atoms with Crippen LogP contribution in [0.3, 0.4) is 0 Å². The van der Waals surface area contributed by atoms with Gasteiger partial charge in [0.2, 0.25) is 0 Å². The number of hydrogen-bond donors (Lipinski definition) is 1. The second kappa shape index (κ2) is 4.04. The van der Waals surface area contributed by atoms with Crippen LogP contribution < -0.4 is 0 Å². The van der Waals surface area contributed by atoms with E-state index in [2.05, 4.69) is 15.9 Å². The molecule has 0 aliphatic heterocycles. The normalized spacial score (nSPS) is 17.2. The molecule has 0 spiro atoms. The molecule has 1 aliphatic rings. The number of carboxylic acids is 1. The Labute approximate surface area is 108 Å². The monoisotopic (exact) mass is 302 g/mol. The Kier molecular flexibility index (Phi) is 3.01. The van der Waals surface area contributed by atoms with Gasteiger partial charge in [-0.3, -0.25) is 4.79 Å². The standard InChI is InChI=1S/C12H12BrClO2/c1-2-7-5-10(14)8(6-9(7)13)12(3-4-12)11(15)16/h5-6H,2-4H2,1H3,(H,15,16). The molecule has 1 N–H and O–H groups in total. The molecule has 86 valence electrons. The lowest BCUT2D eigenvalue weighted by molar-refractivity contribution is -0.140. The average Bonchev–Trinajstić information content (AvgIpc) is 3.01. The number of carbonyl (C=O) groups is 1. The van der Waals surface area contributed by atoms with E-state index in [-0.39, 0.29) is 0 Å². The highest BCUT2D eigenvalue weighted by Gasteiger charge is 2.52. The van der Waals surface area contributed by atoms with Gasteiger partial charge in [0.1, 0.15) is 0 Å². The zero-order chi connectivity index (χ0) is 11.9. The van der Waals surface area contributed by atoms with Gasteiger partial charge in [-0.1, -0.05) is 34.5 Å². The molecule has 0 amide bonds. The van der Waals surface area contributed by atoms with Gasteiger partial charge in [-0.15, -0.1) is 0 Å². The number of rotatable bonds is 3. The second-order valence-corrected chi connectivity index (χ2v) is 5.43. The molecule has 1 aromatic rings. The minimum Gasteiger partial charge on any atom is -0.481 e. The predicted molar refractivity (Wildman–Crippen MR) is 67.1 cm³/mol. The molecular weight excluding hydrogens is 291 g/mol. The lowest BCUT2D eigenvalue weighted by atomic mass is 9.94. The molecule has 1 saturated carbocycles. The summed E-state index contributed by atoms with van der Waals surface area (Å²) < 4.78 is 0.946. The molecule has 16 heavy (non-hydrogen) atoms. The highest BCUT2D eigenvalue weighted by atomic mass is 79.9. The van der Waals surface area contributed by atoms with E-state index < -0.39 is 11.4 Å². The molecule has 0 atom stereocenters. The van der Waals surface area contributed by atoms with Crippen molar-refractivity contribution in [2.45, 2.75) is 31.6 Å². The molecule has 0 saturated heterocycles. The molecular formula is C12H12BrClO2. The fourth-order valence-electron chi connectivity index (χ4n) is 1.95. The largest absolute Gasteiger partial charge is 0.481 e. The van der Waals surface area contributed by atoms with Gasteiger partial charge in [0, 0.05) is 9.50 Å². The molecule has 0 bridgehead atoms. The summed E-state index contributed by atoms with van der Waals surface area (Å²) in [6, 6.07) is 3.73. The van der Waals surface area contributed by atoms with Gasteiger partial charge < -0.3 is 5.11 Å². The highest BCUT2D eigenvalue weighted by Crippen LogP contribution is 2.51. The van der Waals surface area contributed by atoms with Crippen molar-refractivity contribution in [1.29, 1.82) is 0 Å². The summed E-state index contributed by atoms with van der Waals surface area (Å²) in [4.78, 5) is 11.2. The Morgan fingerprint density at radius 2 is 2.19 bits per heavy atom. The van der Waals surface area contributed by atoms with Crippen molar-refractivity contribution >= 4 is 33.5 Å². The van der Waals surface area contributed by atoms with Gasteiger partial charge in [-0.25, -0.2) is 0 Å². The van der Waals surface area contributed by atoms with Gasteiger partial charge in [-0.05, 0) is 42.5 Å². The van der Waals surface area contributed by atoms with Crippen molar-refractivity contribution in [3.8, 4) is 0 Å². The number of benzene rings is 1. The van der Waals surface area contributed by atoms with Crippen LogP contribution in [-0.4, -0.2) is 11.1 Å². The van der Waals surface area contributed by atoms with Gasteiger partial charge >= 0.3 is 5.97 Å². The first-order valence-electron chi connectivity index (χ1n) is 5.23. The topological polar surface area (TPSA) is 37.3 Å². The van der Waals surface area contributed by atoms with Crippen molar-refractivity contribution in [3.05, 3.63) is 32.8 Å². The van der Waals surface area contributed by atoms with E-state index in [1.54, 1.807) is 0 Å². The van der Waals surface area contributed by atoms with Crippen molar-refractivity contribution in [1.82, 2.24) is 0 Å². The molecule has 0 radical (unpaired) electrons. The molecule has 0 unspecified atom stereocenters. The van der Waals surface area contributed by atoms with Crippen LogP contribution in [-0.2, 0) is 16.6 Å². The molecule has 1 aromatic carbocycles. The van der Waals surface area contributed by atoms with Crippen LogP contribution in [0.15, 0.2) is 16.6 Å². The molecule has 2 nitrogen and oxygen atoms in total. The van der Waals surface area contributed by atoms with Crippen LogP contribution in [0.2, 0.25) is 5.02 Å². The van der Waals surface area contributed by atoms with Crippen LogP contribution in [0.5, 0.6) is 0 Å². The molecule has 0 heterocycles. The van der Waals surface area contributed by atoms with Gasteiger partial charge in [0.15, 0.2) is 0 Å². The number of aliphatic carboxylic acids is 1. The molecule has 1 fully saturated rings. The van der Waals surface area contributed by atoms with E-state index in [4.69, 9.17) is 11.6 Å². The Hall–Kier alpha value is -0.540. The minimum atomic E-state index is -0.773. The fraction of sp³-hybridized carbons (Fsp3) is 0.417. The third kappa shape index (κ3) is 1.76.